The van der Waals surface area contributed by atoms with Gasteiger partial charge in [0.15, 0.2) is 11.6 Å². The second-order valence-electron chi connectivity index (χ2n) is 7.78. The van der Waals surface area contributed by atoms with Crippen molar-refractivity contribution in [3.8, 4) is 0 Å². The van der Waals surface area contributed by atoms with Crippen LogP contribution in [0.5, 0.6) is 0 Å². The summed E-state index contributed by atoms with van der Waals surface area (Å²) in [6, 6.07) is 14.1. The lowest BCUT2D eigenvalue weighted by Crippen LogP contribution is -2.47. The van der Waals surface area contributed by atoms with E-state index in [9.17, 15) is 14.4 Å². The number of aryl methyl sites for hydroxylation is 1. The standard InChI is InChI=1S/C23H25N5O3/c1-15(29)16-7-9-17(10-8-16)24-23(31)25-18-11-13-28(14-12-18)21-22(30)27(2)20-6-4-3-5-19(20)26-21/h3-10,18H,11-14H2,1-2H3,(H2,24,25,31). The molecule has 1 aliphatic heterocycles. The van der Waals surface area contributed by atoms with E-state index >= 15 is 0 Å². The number of piperidine rings is 1. The van der Waals surface area contributed by atoms with Crippen molar-refractivity contribution in [2.24, 2.45) is 7.05 Å². The summed E-state index contributed by atoms with van der Waals surface area (Å²) in [5.41, 5.74) is 2.71. The molecule has 4 rings (SSSR count). The fraction of sp³-hybridized carbons (Fsp3) is 0.304. The summed E-state index contributed by atoms with van der Waals surface area (Å²) in [5.74, 6) is 0.438. The Bertz CT molecular complexity index is 1180. The number of para-hydroxylation sites is 2. The molecule has 0 bridgehead atoms. The lowest BCUT2D eigenvalue weighted by molar-refractivity contribution is 0.101. The molecule has 3 aromatic rings. The van der Waals surface area contributed by atoms with Crippen molar-refractivity contribution in [2.75, 3.05) is 23.3 Å². The number of carbonyl (C=O) groups is 2. The van der Waals surface area contributed by atoms with Gasteiger partial charge < -0.3 is 20.1 Å². The third kappa shape index (κ3) is 4.42. The average molecular weight is 419 g/mol. The Balaban J connectivity index is 1.36. The first-order valence-electron chi connectivity index (χ1n) is 10.3. The van der Waals surface area contributed by atoms with Gasteiger partial charge in [-0.1, -0.05) is 12.1 Å². The van der Waals surface area contributed by atoms with Crippen molar-refractivity contribution in [1.29, 1.82) is 0 Å². The second kappa shape index (κ2) is 8.59. The highest BCUT2D eigenvalue weighted by Crippen LogP contribution is 2.18. The zero-order valence-electron chi connectivity index (χ0n) is 17.6. The summed E-state index contributed by atoms with van der Waals surface area (Å²) < 4.78 is 1.63. The number of urea groups is 1. The van der Waals surface area contributed by atoms with Crippen LogP contribution in [0.3, 0.4) is 0 Å². The van der Waals surface area contributed by atoms with E-state index in [0.717, 1.165) is 11.0 Å². The van der Waals surface area contributed by atoms with E-state index in [4.69, 9.17) is 0 Å². The van der Waals surface area contributed by atoms with E-state index in [1.54, 1.807) is 35.9 Å². The fourth-order valence-corrected chi connectivity index (χ4v) is 3.85. The van der Waals surface area contributed by atoms with Crippen LogP contribution in [-0.2, 0) is 7.05 Å². The zero-order valence-corrected chi connectivity index (χ0v) is 17.6. The molecular weight excluding hydrogens is 394 g/mol. The highest BCUT2D eigenvalue weighted by Gasteiger charge is 2.24. The van der Waals surface area contributed by atoms with E-state index in [2.05, 4.69) is 15.6 Å². The van der Waals surface area contributed by atoms with E-state index in [0.29, 0.717) is 43.0 Å². The van der Waals surface area contributed by atoms with Gasteiger partial charge in [-0.25, -0.2) is 9.78 Å². The van der Waals surface area contributed by atoms with Crippen molar-refractivity contribution in [1.82, 2.24) is 14.9 Å². The van der Waals surface area contributed by atoms with Crippen LogP contribution in [0.4, 0.5) is 16.3 Å². The van der Waals surface area contributed by atoms with Crippen molar-refractivity contribution in [2.45, 2.75) is 25.8 Å². The molecule has 0 radical (unpaired) electrons. The normalized spacial score (nSPS) is 14.5. The number of nitrogens with zero attached hydrogens (tertiary/aromatic N) is 3. The molecule has 8 heteroatoms. The van der Waals surface area contributed by atoms with Crippen LogP contribution in [0.2, 0.25) is 0 Å². The number of fused-ring (bicyclic) bond motifs is 1. The van der Waals surface area contributed by atoms with Gasteiger partial charge in [-0.05, 0) is 56.2 Å². The summed E-state index contributed by atoms with van der Waals surface area (Å²) in [7, 11) is 1.76. The summed E-state index contributed by atoms with van der Waals surface area (Å²) in [6.45, 7) is 2.78. The number of aromatic nitrogens is 2. The van der Waals surface area contributed by atoms with Gasteiger partial charge in [-0.3, -0.25) is 9.59 Å². The monoisotopic (exact) mass is 419 g/mol. The van der Waals surface area contributed by atoms with Crippen LogP contribution in [0.25, 0.3) is 11.0 Å². The number of carbonyl (C=O) groups excluding carboxylic acids is 2. The van der Waals surface area contributed by atoms with Gasteiger partial charge in [0.2, 0.25) is 0 Å². The first-order chi connectivity index (χ1) is 14.9. The molecule has 1 aliphatic rings. The lowest BCUT2D eigenvalue weighted by Gasteiger charge is -2.33. The number of hydrogen-bond donors (Lipinski definition) is 2. The van der Waals surface area contributed by atoms with Crippen molar-refractivity contribution < 1.29 is 9.59 Å². The third-order valence-electron chi connectivity index (χ3n) is 5.64. The maximum Gasteiger partial charge on any atom is 0.319 e. The maximum atomic E-state index is 12.8. The molecule has 0 atom stereocenters. The van der Waals surface area contributed by atoms with Gasteiger partial charge in [0.1, 0.15) is 0 Å². The molecule has 160 valence electrons. The van der Waals surface area contributed by atoms with Crippen LogP contribution >= 0.6 is 0 Å². The third-order valence-corrected chi connectivity index (χ3v) is 5.64. The number of hydrogen-bond acceptors (Lipinski definition) is 5. The van der Waals surface area contributed by atoms with Gasteiger partial charge in [-0.2, -0.15) is 0 Å². The highest BCUT2D eigenvalue weighted by molar-refractivity contribution is 5.95. The Labute approximate surface area is 179 Å². The Morgan fingerprint density at radius 2 is 1.71 bits per heavy atom. The minimum atomic E-state index is -0.284. The maximum absolute atomic E-state index is 12.8. The SMILES string of the molecule is CC(=O)c1ccc(NC(=O)NC2CCN(c3nc4ccccc4n(C)c3=O)CC2)cc1. The number of benzene rings is 2. The van der Waals surface area contributed by atoms with Crippen molar-refractivity contribution in [3.05, 3.63) is 64.4 Å². The molecule has 1 fully saturated rings. The number of ketones is 1. The van der Waals surface area contributed by atoms with Gasteiger partial charge in [-0.15, -0.1) is 0 Å². The van der Waals surface area contributed by atoms with Crippen LogP contribution < -0.4 is 21.1 Å². The zero-order chi connectivity index (χ0) is 22.0. The van der Waals surface area contributed by atoms with Crippen molar-refractivity contribution in [3.63, 3.8) is 0 Å². The van der Waals surface area contributed by atoms with Gasteiger partial charge in [0, 0.05) is 37.4 Å². The molecular formula is C23H25N5O3. The lowest BCUT2D eigenvalue weighted by atomic mass is 10.1. The van der Waals surface area contributed by atoms with Crippen LogP contribution in [0.1, 0.15) is 30.1 Å². The molecule has 8 nitrogen and oxygen atoms in total. The molecule has 31 heavy (non-hydrogen) atoms. The van der Waals surface area contributed by atoms with Crippen LogP contribution in [0.15, 0.2) is 53.3 Å². The van der Waals surface area contributed by atoms with E-state index in [-0.39, 0.29) is 23.4 Å². The first-order valence-corrected chi connectivity index (χ1v) is 10.3. The van der Waals surface area contributed by atoms with E-state index in [1.165, 1.54) is 6.92 Å². The molecule has 0 aliphatic carbocycles. The number of anilines is 2. The molecule has 2 aromatic carbocycles. The molecule has 0 spiro atoms. The molecule has 2 N–H and O–H groups in total. The Morgan fingerprint density at radius 1 is 1.03 bits per heavy atom. The van der Waals surface area contributed by atoms with E-state index < -0.39 is 0 Å². The second-order valence-corrected chi connectivity index (χ2v) is 7.78. The minimum absolute atomic E-state index is 0.0112. The summed E-state index contributed by atoms with van der Waals surface area (Å²) in [5, 5.41) is 5.78. The van der Waals surface area contributed by atoms with Gasteiger partial charge in [0.25, 0.3) is 5.56 Å². The molecule has 1 saturated heterocycles. The molecule has 1 aromatic heterocycles. The van der Waals surface area contributed by atoms with Gasteiger partial charge in [0.05, 0.1) is 11.0 Å². The predicted octanol–water partition coefficient (Wildman–Crippen LogP) is 2.93. The number of Topliss-reactive ketones (excluding diaryl/α,β-unsaturated/α-hetero) is 1. The van der Waals surface area contributed by atoms with Crippen molar-refractivity contribution >= 4 is 34.4 Å². The summed E-state index contributed by atoms with van der Waals surface area (Å²) in [6.07, 6.45) is 1.43. The quantitative estimate of drug-likeness (QED) is 0.634. The molecule has 2 amide bonds. The number of rotatable bonds is 4. The summed E-state index contributed by atoms with van der Waals surface area (Å²) in [4.78, 5) is 43.0. The highest BCUT2D eigenvalue weighted by atomic mass is 16.2. The fourth-order valence-electron chi connectivity index (χ4n) is 3.85. The van der Waals surface area contributed by atoms with E-state index in [1.807, 2.05) is 29.2 Å². The number of amides is 2. The predicted molar refractivity (Wildman–Crippen MR) is 121 cm³/mol. The Kier molecular flexibility index (Phi) is 5.70. The molecule has 2 heterocycles. The first kappa shape index (κ1) is 20.6. The molecule has 0 unspecified atom stereocenters. The molecule has 0 saturated carbocycles. The number of nitrogens with one attached hydrogen (secondary N) is 2. The van der Waals surface area contributed by atoms with Gasteiger partial charge >= 0.3 is 6.03 Å². The summed E-state index contributed by atoms with van der Waals surface area (Å²) >= 11 is 0. The van der Waals surface area contributed by atoms with Crippen LogP contribution in [-0.4, -0.2) is 40.5 Å². The Hall–Kier alpha value is -3.68. The minimum Gasteiger partial charge on any atom is -0.352 e. The largest absolute Gasteiger partial charge is 0.352 e. The Morgan fingerprint density at radius 3 is 2.39 bits per heavy atom. The topological polar surface area (TPSA) is 96.3 Å². The smallest absolute Gasteiger partial charge is 0.319 e. The van der Waals surface area contributed by atoms with Crippen LogP contribution in [0, 0.1) is 0 Å². The average Bonchev–Trinajstić information content (AvgIpc) is 2.77.